The molecule has 0 saturated heterocycles. The van der Waals surface area contributed by atoms with Crippen molar-refractivity contribution < 1.29 is 5.11 Å². The fourth-order valence-electron chi connectivity index (χ4n) is 0.237. The van der Waals surface area contributed by atoms with Crippen LogP contribution in [0.2, 0.25) is 4.44 Å². The van der Waals surface area contributed by atoms with Crippen molar-refractivity contribution in [2.45, 2.75) is 17.3 Å². The van der Waals surface area contributed by atoms with E-state index in [1.54, 1.807) is 22.5 Å². The number of unbranched alkanes of at least 4 members (excludes halogenated alkanes) is 1. The van der Waals surface area contributed by atoms with Crippen molar-refractivity contribution in [3.63, 3.8) is 0 Å². The zero-order valence-electron chi connectivity index (χ0n) is 3.78. The molecule has 0 spiro atoms. The van der Waals surface area contributed by atoms with Crippen molar-refractivity contribution >= 4 is 22.5 Å². The van der Waals surface area contributed by atoms with Crippen LogP contribution in [0, 0.1) is 0 Å². The molecule has 0 aromatic carbocycles. The molecular weight excluding hydrogens is 183 g/mol. The minimum absolute atomic E-state index is 0.369. The van der Waals surface area contributed by atoms with Crippen LogP contribution in [0.3, 0.4) is 0 Å². The quantitative estimate of drug-likeness (QED) is 0.504. The normalized spacial score (nSPS) is 9.17. The van der Waals surface area contributed by atoms with E-state index in [1.165, 1.54) is 10.9 Å². The van der Waals surface area contributed by atoms with Crippen LogP contribution in [0.1, 0.15) is 12.8 Å². The van der Waals surface area contributed by atoms with E-state index in [0.717, 1.165) is 6.42 Å². The number of hydrogen-bond acceptors (Lipinski definition) is 1. The Morgan fingerprint density at radius 1 is 1.33 bits per heavy atom. The van der Waals surface area contributed by atoms with Crippen LogP contribution in [0.5, 0.6) is 0 Å². The second-order valence-electron chi connectivity index (χ2n) is 1.18. The van der Waals surface area contributed by atoms with Gasteiger partial charge in [0.05, 0.1) is 0 Å². The Hall–Kier alpha value is 0.759. The van der Waals surface area contributed by atoms with Gasteiger partial charge in [0.25, 0.3) is 0 Å². The molecule has 0 heterocycles. The molecule has 0 unspecified atom stereocenters. The molecule has 6 heavy (non-hydrogen) atoms. The molecule has 0 rings (SSSR count). The second-order valence-corrected chi connectivity index (χ2v) is 2.61. The summed E-state index contributed by atoms with van der Waals surface area (Å²) >= 11 is 1.58. The molecule has 1 nitrogen and oxygen atoms in total. The first-order valence-electron chi connectivity index (χ1n) is 2.17. The molecule has 0 aromatic rings. The summed E-state index contributed by atoms with van der Waals surface area (Å²) in [7, 11) is 0. The van der Waals surface area contributed by atoms with Crippen LogP contribution in [-0.4, -0.2) is 34.2 Å². The molecule has 0 atom stereocenters. The van der Waals surface area contributed by atoms with Gasteiger partial charge in [-0.25, -0.2) is 0 Å². The molecule has 2 heteroatoms. The monoisotopic (exact) mass is 193 g/mol. The number of hydrogen-bond donors (Lipinski definition) is 1. The van der Waals surface area contributed by atoms with Crippen LogP contribution in [0.15, 0.2) is 0 Å². The molecule has 0 aliphatic carbocycles. The van der Waals surface area contributed by atoms with Crippen molar-refractivity contribution in [3.8, 4) is 0 Å². The zero-order chi connectivity index (χ0) is 4.83. The second kappa shape index (κ2) is 5.76. The molecule has 0 bridgehead atoms. The SMILES string of the molecule is OCCC[CH2][Sn+3]. The first kappa shape index (κ1) is 6.76. The molecule has 0 aliphatic rings. The predicted octanol–water partition coefficient (Wildman–Crippen LogP) is 0.346. The van der Waals surface area contributed by atoms with Gasteiger partial charge in [0.1, 0.15) is 0 Å². The summed E-state index contributed by atoms with van der Waals surface area (Å²) in [5.74, 6) is 0. The van der Waals surface area contributed by atoms with Crippen LogP contribution >= 0.6 is 0 Å². The van der Waals surface area contributed by atoms with Gasteiger partial charge in [0, 0.05) is 0 Å². The molecule has 0 aliphatic heterocycles. The van der Waals surface area contributed by atoms with Crippen molar-refractivity contribution in [2.24, 2.45) is 0 Å². The van der Waals surface area contributed by atoms with Gasteiger partial charge in [-0.15, -0.1) is 0 Å². The summed E-state index contributed by atoms with van der Waals surface area (Å²) in [5.41, 5.74) is 0. The van der Waals surface area contributed by atoms with Gasteiger partial charge in [0.2, 0.25) is 0 Å². The third-order valence-corrected chi connectivity index (χ3v) is 1.59. The Morgan fingerprint density at radius 2 is 2.00 bits per heavy atom. The van der Waals surface area contributed by atoms with E-state index < -0.39 is 0 Å². The van der Waals surface area contributed by atoms with E-state index in [4.69, 9.17) is 5.11 Å². The molecule has 0 saturated carbocycles. The van der Waals surface area contributed by atoms with Crippen molar-refractivity contribution in [1.82, 2.24) is 0 Å². The van der Waals surface area contributed by atoms with Gasteiger partial charge in [-0.2, -0.15) is 0 Å². The number of rotatable bonds is 3. The van der Waals surface area contributed by atoms with Crippen molar-refractivity contribution in [3.05, 3.63) is 0 Å². The van der Waals surface area contributed by atoms with Gasteiger partial charge < -0.3 is 0 Å². The Balaban J connectivity index is 2.34. The maximum absolute atomic E-state index is 8.21. The van der Waals surface area contributed by atoms with Gasteiger partial charge in [-0.05, 0) is 0 Å². The molecule has 0 aromatic heterocycles. The average Bonchev–Trinajstić information content (AvgIpc) is 1.61. The summed E-state index contributed by atoms with van der Waals surface area (Å²) in [6, 6.07) is 0. The third kappa shape index (κ3) is 4.76. The van der Waals surface area contributed by atoms with E-state index in [0.29, 0.717) is 6.61 Å². The average molecular weight is 192 g/mol. The molecular formula is C4H9OSn+3. The van der Waals surface area contributed by atoms with E-state index in [9.17, 15) is 0 Å². The van der Waals surface area contributed by atoms with Crippen LogP contribution in [0.25, 0.3) is 0 Å². The number of aliphatic hydroxyl groups excluding tert-OH is 1. The Kier molecular flexibility index (Phi) is 6.49. The van der Waals surface area contributed by atoms with Gasteiger partial charge in [0.15, 0.2) is 0 Å². The zero-order valence-corrected chi connectivity index (χ0v) is 6.63. The number of aliphatic hydroxyl groups is 1. The van der Waals surface area contributed by atoms with E-state index >= 15 is 0 Å². The Morgan fingerprint density at radius 3 is 2.17 bits per heavy atom. The summed E-state index contributed by atoms with van der Waals surface area (Å²) < 4.78 is 1.28. The molecule has 0 radical (unpaired) electrons. The summed E-state index contributed by atoms with van der Waals surface area (Å²) in [5, 5.41) is 8.21. The van der Waals surface area contributed by atoms with E-state index in [-0.39, 0.29) is 0 Å². The predicted molar refractivity (Wildman–Crippen MR) is 26.9 cm³/mol. The van der Waals surface area contributed by atoms with Crippen LogP contribution in [0.4, 0.5) is 0 Å². The topological polar surface area (TPSA) is 20.2 Å². The minimum atomic E-state index is 0.369. The van der Waals surface area contributed by atoms with Gasteiger partial charge in [-0.3, -0.25) is 0 Å². The molecule has 0 amide bonds. The molecule has 1 N–H and O–H groups in total. The van der Waals surface area contributed by atoms with Gasteiger partial charge >= 0.3 is 51.5 Å². The summed E-state index contributed by atoms with van der Waals surface area (Å²) in [6.07, 6.45) is 2.19. The van der Waals surface area contributed by atoms with E-state index in [2.05, 4.69) is 0 Å². The Labute approximate surface area is 51.8 Å². The fourth-order valence-corrected chi connectivity index (χ4v) is 0.950. The summed E-state index contributed by atoms with van der Waals surface area (Å²) in [6.45, 7) is 0.369. The van der Waals surface area contributed by atoms with Gasteiger partial charge in [-0.1, -0.05) is 0 Å². The molecule has 32 valence electrons. The fraction of sp³-hybridized carbons (Fsp3) is 1.00. The standard InChI is InChI=1S/C4H9O.Sn/c1-2-3-4-5;/h5H,1-4H2;/q;+3. The first-order chi connectivity index (χ1) is 2.91. The Bertz CT molecular complexity index is 19.5. The first-order valence-corrected chi connectivity index (χ1v) is 4.19. The van der Waals surface area contributed by atoms with Crippen LogP contribution in [-0.2, 0) is 0 Å². The van der Waals surface area contributed by atoms with Crippen molar-refractivity contribution in [1.29, 1.82) is 0 Å². The van der Waals surface area contributed by atoms with Crippen molar-refractivity contribution in [2.75, 3.05) is 6.61 Å². The summed E-state index contributed by atoms with van der Waals surface area (Å²) in [4.78, 5) is 0. The molecule has 0 fully saturated rings. The maximum atomic E-state index is 8.21. The third-order valence-electron chi connectivity index (χ3n) is 0.585. The van der Waals surface area contributed by atoms with Crippen LogP contribution < -0.4 is 0 Å². The van der Waals surface area contributed by atoms with E-state index in [1.807, 2.05) is 0 Å².